The van der Waals surface area contributed by atoms with Gasteiger partial charge in [-0.05, 0) is 18.2 Å². The smallest absolute Gasteiger partial charge is 0.129 e. The van der Waals surface area contributed by atoms with E-state index in [0.29, 0.717) is 10.5 Å². The Balaban J connectivity index is 2.19. The molecule has 3 heterocycles. The fraction of sp³-hybridized carbons (Fsp3) is 0.154. The van der Waals surface area contributed by atoms with Gasteiger partial charge in [0.05, 0.1) is 16.7 Å². The van der Waals surface area contributed by atoms with Crippen LogP contribution in [0.1, 0.15) is 5.69 Å². The van der Waals surface area contributed by atoms with Gasteiger partial charge < -0.3 is 0 Å². The average molecular weight is 338 g/mol. The van der Waals surface area contributed by atoms with Crippen molar-refractivity contribution in [3.63, 3.8) is 0 Å². The van der Waals surface area contributed by atoms with E-state index in [9.17, 15) is 0 Å². The second kappa shape index (κ2) is 4.90. The van der Waals surface area contributed by atoms with Crippen LogP contribution < -0.4 is 0 Å². The van der Waals surface area contributed by atoms with Gasteiger partial charge >= 0.3 is 0 Å². The van der Waals surface area contributed by atoms with Crippen molar-refractivity contribution in [2.24, 2.45) is 7.05 Å². The first-order chi connectivity index (χ1) is 9.17. The predicted molar refractivity (Wildman–Crippen MR) is 79.4 cm³/mol. The molecule has 0 aliphatic rings. The molecule has 0 atom stereocenters. The van der Waals surface area contributed by atoms with Gasteiger partial charge in [0.15, 0.2) is 0 Å². The standard InChI is InChI=1S/C13H10BrClN4/c1-19-7-9(12(5-14)18-19)8-4-11-10(16-6-8)2-3-13(15)17-11/h2-4,6-7H,5H2,1H3. The average Bonchev–Trinajstić information content (AvgIpc) is 2.79. The number of pyridine rings is 2. The SMILES string of the molecule is Cn1cc(-c2cnc3ccc(Cl)nc3c2)c(CBr)n1. The van der Waals surface area contributed by atoms with Gasteiger partial charge in [-0.1, -0.05) is 27.5 Å². The van der Waals surface area contributed by atoms with Crippen molar-refractivity contribution in [1.29, 1.82) is 0 Å². The van der Waals surface area contributed by atoms with Crippen molar-refractivity contribution in [3.05, 3.63) is 41.4 Å². The third kappa shape index (κ3) is 2.35. The van der Waals surface area contributed by atoms with E-state index in [2.05, 4.69) is 31.0 Å². The minimum absolute atomic E-state index is 0.471. The second-order valence-electron chi connectivity index (χ2n) is 4.19. The third-order valence-electron chi connectivity index (χ3n) is 2.85. The van der Waals surface area contributed by atoms with Crippen LogP contribution in [0.25, 0.3) is 22.2 Å². The molecule has 0 unspecified atom stereocenters. The van der Waals surface area contributed by atoms with Crippen molar-refractivity contribution in [2.45, 2.75) is 5.33 Å². The summed E-state index contributed by atoms with van der Waals surface area (Å²) in [7, 11) is 1.90. The maximum absolute atomic E-state index is 5.92. The predicted octanol–water partition coefficient (Wildman–Crippen LogP) is 3.58. The van der Waals surface area contributed by atoms with E-state index in [4.69, 9.17) is 11.6 Å². The van der Waals surface area contributed by atoms with Crippen molar-refractivity contribution in [1.82, 2.24) is 19.7 Å². The number of fused-ring (bicyclic) bond motifs is 1. The van der Waals surface area contributed by atoms with Crippen molar-refractivity contribution < 1.29 is 0 Å². The van der Waals surface area contributed by atoms with E-state index in [0.717, 1.165) is 27.9 Å². The molecule has 0 saturated heterocycles. The number of alkyl halides is 1. The van der Waals surface area contributed by atoms with Crippen molar-refractivity contribution >= 4 is 38.6 Å². The molecule has 0 amide bonds. The van der Waals surface area contributed by atoms with Gasteiger partial charge in [0.2, 0.25) is 0 Å². The molecule has 4 nitrogen and oxygen atoms in total. The molecular formula is C13H10BrClN4. The molecule has 0 fully saturated rings. The Morgan fingerprint density at radius 3 is 2.95 bits per heavy atom. The number of hydrogen-bond acceptors (Lipinski definition) is 3. The molecule has 0 bridgehead atoms. The molecule has 19 heavy (non-hydrogen) atoms. The summed E-state index contributed by atoms with van der Waals surface area (Å²) in [5, 5.41) is 5.57. The molecule has 0 aliphatic heterocycles. The molecule has 0 aromatic carbocycles. The van der Waals surface area contributed by atoms with Crippen molar-refractivity contribution in [2.75, 3.05) is 0 Å². The second-order valence-corrected chi connectivity index (χ2v) is 5.14. The summed E-state index contributed by atoms with van der Waals surface area (Å²) in [6.07, 6.45) is 3.81. The highest BCUT2D eigenvalue weighted by Gasteiger charge is 2.10. The molecule has 0 spiro atoms. The summed E-state index contributed by atoms with van der Waals surface area (Å²) < 4.78 is 1.79. The van der Waals surface area contributed by atoms with Crippen LogP contribution in [0.2, 0.25) is 5.15 Å². The number of hydrogen-bond donors (Lipinski definition) is 0. The highest BCUT2D eigenvalue weighted by molar-refractivity contribution is 9.08. The number of nitrogens with zero attached hydrogens (tertiary/aromatic N) is 4. The molecular weight excluding hydrogens is 328 g/mol. The lowest BCUT2D eigenvalue weighted by atomic mass is 10.1. The van der Waals surface area contributed by atoms with Gasteiger partial charge in [0.1, 0.15) is 5.15 Å². The van der Waals surface area contributed by atoms with E-state index in [1.54, 1.807) is 10.7 Å². The van der Waals surface area contributed by atoms with Crippen LogP contribution in [0.3, 0.4) is 0 Å². The van der Waals surface area contributed by atoms with Crippen LogP contribution in [-0.4, -0.2) is 19.7 Å². The van der Waals surface area contributed by atoms with Gasteiger partial charge in [-0.2, -0.15) is 5.10 Å². The Hall–Kier alpha value is -1.46. The maximum atomic E-state index is 5.92. The normalized spacial score (nSPS) is 11.1. The molecule has 96 valence electrons. The minimum Gasteiger partial charge on any atom is -0.275 e. The summed E-state index contributed by atoms with van der Waals surface area (Å²) in [5.41, 5.74) is 4.64. The molecule has 3 aromatic heterocycles. The van der Waals surface area contributed by atoms with Gasteiger partial charge in [0, 0.05) is 35.9 Å². The van der Waals surface area contributed by atoms with Crippen molar-refractivity contribution in [3.8, 4) is 11.1 Å². The van der Waals surface area contributed by atoms with E-state index >= 15 is 0 Å². The quantitative estimate of drug-likeness (QED) is 0.530. The zero-order valence-corrected chi connectivity index (χ0v) is 12.5. The maximum Gasteiger partial charge on any atom is 0.129 e. The fourth-order valence-corrected chi connectivity index (χ4v) is 2.57. The Kier molecular flexibility index (Phi) is 3.24. The molecule has 6 heteroatoms. The lowest BCUT2D eigenvalue weighted by molar-refractivity contribution is 0.755. The first-order valence-corrected chi connectivity index (χ1v) is 7.18. The molecule has 0 radical (unpaired) electrons. The monoisotopic (exact) mass is 336 g/mol. The van der Waals surface area contributed by atoms with Crippen LogP contribution in [0, 0.1) is 0 Å². The van der Waals surface area contributed by atoms with E-state index in [1.165, 1.54) is 0 Å². The van der Waals surface area contributed by atoms with Gasteiger partial charge in [-0.15, -0.1) is 0 Å². The Bertz CT molecular complexity index is 753. The minimum atomic E-state index is 0.471. The molecule has 0 saturated carbocycles. The van der Waals surface area contributed by atoms with Crippen LogP contribution in [0.5, 0.6) is 0 Å². The highest BCUT2D eigenvalue weighted by atomic mass is 79.9. The first-order valence-electron chi connectivity index (χ1n) is 5.68. The lowest BCUT2D eigenvalue weighted by Crippen LogP contribution is -1.88. The van der Waals surface area contributed by atoms with Gasteiger partial charge in [-0.3, -0.25) is 9.67 Å². The largest absolute Gasteiger partial charge is 0.275 e. The zero-order chi connectivity index (χ0) is 13.4. The number of aryl methyl sites for hydroxylation is 1. The van der Waals surface area contributed by atoms with Crippen LogP contribution in [-0.2, 0) is 12.4 Å². The van der Waals surface area contributed by atoms with Crippen LogP contribution in [0.4, 0.5) is 0 Å². The van der Waals surface area contributed by atoms with E-state index in [1.807, 2.05) is 31.6 Å². The summed E-state index contributed by atoms with van der Waals surface area (Å²) in [6, 6.07) is 5.59. The fourth-order valence-electron chi connectivity index (χ4n) is 2.00. The topological polar surface area (TPSA) is 43.6 Å². The molecule has 3 aromatic rings. The highest BCUT2D eigenvalue weighted by Crippen LogP contribution is 2.26. The van der Waals surface area contributed by atoms with Gasteiger partial charge in [-0.25, -0.2) is 4.98 Å². The van der Waals surface area contributed by atoms with Crippen LogP contribution >= 0.6 is 27.5 Å². The van der Waals surface area contributed by atoms with Gasteiger partial charge in [0.25, 0.3) is 0 Å². The number of halogens is 2. The zero-order valence-electron chi connectivity index (χ0n) is 10.1. The summed E-state index contributed by atoms with van der Waals surface area (Å²) >= 11 is 9.36. The summed E-state index contributed by atoms with van der Waals surface area (Å²) in [5.74, 6) is 0. The Morgan fingerprint density at radius 1 is 1.32 bits per heavy atom. The van der Waals surface area contributed by atoms with E-state index < -0.39 is 0 Å². The summed E-state index contributed by atoms with van der Waals surface area (Å²) in [6.45, 7) is 0. The Morgan fingerprint density at radius 2 is 2.16 bits per heavy atom. The van der Waals surface area contributed by atoms with E-state index in [-0.39, 0.29) is 0 Å². The first kappa shape index (κ1) is 12.6. The Labute approximate surface area is 123 Å². The lowest BCUT2D eigenvalue weighted by Gasteiger charge is -2.02. The number of aromatic nitrogens is 4. The van der Waals surface area contributed by atoms with Crippen LogP contribution in [0.15, 0.2) is 30.6 Å². The summed E-state index contributed by atoms with van der Waals surface area (Å²) in [4.78, 5) is 8.70. The molecule has 0 aliphatic carbocycles. The third-order valence-corrected chi connectivity index (χ3v) is 3.59. The molecule has 3 rings (SSSR count). The number of rotatable bonds is 2. The molecule has 0 N–H and O–H groups in total.